The molecule has 0 heterocycles. The predicted octanol–water partition coefficient (Wildman–Crippen LogP) is 5.06. The van der Waals surface area contributed by atoms with Gasteiger partial charge in [-0.3, -0.25) is 4.90 Å². The number of aliphatic hydroxyl groups is 1. The molecule has 0 spiro atoms. The van der Waals surface area contributed by atoms with Crippen LogP contribution in [0, 0.1) is 11.3 Å². The number of aliphatic hydroxyl groups excluding tert-OH is 1. The van der Waals surface area contributed by atoms with Crippen molar-refractivity contribution in [3.8, 4) is 11.8 Å². The Balaban J connectivity index is 1.60. The highest BCUT2D eigenvalue weighted by Gasteiger charge is 2.26. The number of benzene rings is 3. The third-order valence-electron chi connectivity index (χ3n) is 5.49. The van der Waals surface area contributed by atoms with E-state index in [4.69, 9.17) is 16.3 Å². The molecule has 3 rings (SSSR count). The van der Waals surface area contributed by atoms with Gasteiger partial charge in [-0.25, -0.2) is 0 Å². The van der Waals surface area contributed by atoms with Crippen LogP contribution in [-0.2, 0) is 6.42 Å². The fourth-order valence-corrected chi connectivity index (χ4v) is 3.73. The summed E-state index contributed by atoms with van der Waals surface area (Å²) in [6, 6.07) is 22.0. The van der Waals surface area contributed by atoms with E-state index in [1.54, 1.807) is 18.2 Å². The van der Waals surface area contributed by atoms with Crippen molar-refractivity contribution in [2.45, 2.75) is 31.9 Å². The van der Waals surface area contributed by atoms with Crippen LogP contribution in [0.25, 0.3) is 10.8 Å². The highest BCUT2D eigenvalue weighted by molar-refractivity contribution is 6.31. The van der Waals surface area contributed by atoms with Gasteiger partial charge < -0.3 is 9.84 Å². The van der Waals surface area contributed by atoms with Crippen LogP contribution in [0.15, 0.2) is 60.7 Å². The first-order valence-electron chi connectivity index (χ1n) is 9.98. The van der Waals surface area contributed by atoms with Gasteiger partial charge in [-0.1, -0.05) is 60.1 Å². The Bertz CT molecular complexity index is 1060. The van der Waals surface area contributed by atoms with Crippen LogP contribution in [0.5, 0.6) is 5.75 Å². The molecule has 0 radical (unpaired) electrons. The average molecular weight is 423 g/mol. The van der Waals surface area contributed by atoms with Gasteiger partial charge >= 0.3 is 0 Å². The Morgan fingerprint density at radius 2 is 1.83 bits per heavy atom. The van der Waals surface area contributed by atoms with Gasteiger partial charge in [-0.15, -0.1) is 0 Å². The molecule has 0 aliphatic carbocycles. The molecule has 0 unspecified atom stereocenters. The molecule has 5 heteroatoms. The minimum atomic E-state index is -0.698. The molecule has 0 aromatic heterocycles. The largest absolute Gasteiger partial charge is 0.489 e. The summed E-state index contributed by atoms with van der Waals surface area (Å²) < 4.78 is 5.67. The Hall–Kier alpha value is -2.58. The van der Waals surface area contributed by atoms with Gasteiger partial charge in [0.05, 0.1) is 5.02 Å². The molecular formula is C25H27ClN2O2. The zero-order chi connectivity index (χ0) is 21.7. The molecule has 3 aromatic rings. The summed E-state index contributed by atoms with van der Waals surface area (Å²) in [5, 5.41) is 22.6. The van der Waals surface area contributed by atoms with Crippen LogP contribution in [0.3, 0.4) is 0 Å². The number of β-amino-alcohol motifs (C(OH)–C–C–N with tert-alkyl or cyclic N) is 1. The molecule has 4 nitrogen and oxygen atoms in total. The second-order valence-corrected chi connectivity index (χ2v) is 8.65. The normalized spacial score (nSPS) is 12.7. The Kier molecular flexibility index (Phi) is 6.99. The van der Waals surface area contributed by atoms with Gasteiger partial charge in [0.15, 0.2) is 0 Å². The molecule has 0 aliphatic rings. The Morgan fingerprint density at radius 1 is 1.10 bits per heavy atom. The third kappa shape index (κ3) is 5.31. The molecule has 156 valence electrons. The van der Waals surface area contributed by atoms with Crippen molar-refractivity contribution >= 4 is 22.4 Å². The number of nitrogens with zero attached hydrogens (tertiary/aromatic N) is 2. The van der Waals surface area contributed by atoms with E-state index < -0.39 is 6.10 Å². The third-order valence-corrected chi connectivity index (χ3v) is 5.80. The van der Waals surface area contributed by atoms with Gasteiger partial charge in [-0.2, -0.15) is 5.26 Å². The predicted molar refractivity (Wildman–Crippen MR) is 122 cm³/mol. The monoisotopic (exact) mass is 422 g/mol. The fourth-order valence-electron chi connectivity index (χ4n) is 3.52. The maximum absolute atomic E-state index is 10.5. The summed E-state index contributed by atoms with van der Waals surface area (Å²) in [6.45, 7) is 4.87. The van der Waals surface area contributed by atoms with Gasteiger partial charge in [0.1, 0.15) is 30.1 Å². The lowest BCUT2D eigenvalue weighted by molar-refractivity contribution is 0.0419. The van der Waals surface area contributed by atoms with Crippen molar-refractivity contribution in [1.82, 2.24) is 4.90 Å². The lowest BCUT2D eigenvalue weighted by Crippen LogP contribution is -2.47. The van der Waals surface area contributed by atoms with Gasteiger partial charge in [0.2, 0.25) is 0 Å². The SMILES string of the molecule is CN(C[C@@H](O)COc1cccc(Cl)c1C#N)C(C)(C)Cc1ccc2ccccc2c1. The number of nitriles is 1. The van der Waals surface area contributed by atoms with Crippen molar-refractivity contribution in [3.63, 3.8) is 0 Å². The Labute approximate surface area is 183 Å². The molecule has 1 atom stereocenters. The van der Waals surface area contributed by atoms with Crippen LogP contribution in [0.1, 0.15) is 25.0 Å². The molecule has 0 saturated heterocycles. The first kappa shape index (κ1) is 22.1. The summed E-state index contributed by atoms with van der Waals surface area (Å²) in [4.78, 5) is 2.14. The van der Waals surface area contributed by atoms with Gasteiger partial charge in [0, 0.05) is 12.1 Å². The number of rotatable bonds is 8. The molecule has 0 amide bonds. The summed E-state index contributed by atoms with van der Waals surface area (Å²) in [7, 11) is 2.00. The standard InChI is InChI=1S/C25H27ClN2O2/c1-25(2,14-18-11-12-19-7-4-5-8-20(19)13-18)28(3)16-21(29)17-30-24-10-6-9-23(26)22(24)15-27/h4-13,21,29H,14,16-17H2,1-3H3/t21-/m1/s1. The first-order valence-corrected chi connectivity index (χ1v) is 10.4. The van der Waals surface area contributed by atoms with Crippen LogP contribution in [-0.4, -0.2) is 41.8 Å². The topological polar surface area (TPSA) is 56.5 Å². The summed E-state index contributed by atoms with van der Waals surface area (Å²) in [5.74, 6) is 0.391. The maximum Gasteiger partial charge on any atom is 0.138 e. The zero-order valence-corrected chi connectivity index (χ0v) is 18.4. The number of hydrogen-bond donors (Lipinski definition) is 1. The summed E-state index contributed by atoms with van der Waals surface area (Å²) in [5.41, 5.74) is 1.39. The van der Waals surface area contributed by atoms with E-state index >= 15 is 0 Å². The molecule has 30 heavy (non-hydrogen) atoms. The van der Waals surface area contributed by atoms with Crippen molar-refractivity contribution in [2.75, 3.05) is 20.2 Å². The van der Waals surface area contributed by atoms with E-state index in [0.717, 1.165) is 6.42 Å². The lowest BCUT2D eigenvalue weighted by atomic mass is 9.92. The van der Waals surface area contributed by atoms with E-state index in [1.807, 2.05) is 19.2 Å². The highest BCUT2D eigenvalue weighted by Crippen LogP contribution is 2.26. The quantitative estimate of drug-likeness (QED) is 0.551. The number of ether oxygens (including phenoxy) is 1. The summed E-state index contributed by atoms with van der Waals surface area (Å²) >= 11 is 6.03. The molecule has 0 fully saturated rings. The number of halogens is 1. The zero-order valence-electron chi connectivity index (χ0n) is 17.6. The van der Waals surface area contributed by atoms with Crippen molar-refractivity contribution in [2.24, 2.45) is 0 Å². The van der Waals surface area contributed by atoms with Crippen molar-refractivity contribution in [1.29, 1.82) is 5.26 Å². The summed E-state index contributed by atoms with van der Waals surface area (Å²) in [6.07, 6.45) is 0.158. The van der Waals surface area contributed by atoms with Gasteiger partial charge in [0.25, 0.3) is 0 Å². The average Bonchev–Trinajstić information content (AvgIpc) is 2.72. The maximum atomic E-state index is 10.5. The number of fused-ring (bicyclic) bond motifs is 1. The van der Waals surface area contributed by atoms with E-state index in [0.29, 0.717) is 17.3 Å². The second-order valence-electron chi connectivity index (χ2n) is 8.24. The fraction of sp³-hybridized carbons (Fsp3) is 0.320. The molecule has 0 aliphatic heterocycles. The molecule has 0 bridgehead atoms. The van der Waals surface area contributed by atoms with E-state index in [-0.39, 0.29) is 17.7 Å². The molecule has 3 aromatic carbocycles. The van der Waals surface area contributed by atoms with Crippen molar-refractivity contribution < 1.29 is 9.84 Å². The molecule has 0 saturated carbocycles. The minimum absolute atomic E-state index is 0.0887. The van der Waals surface area contributed by atoms with Crippen LogP contribution in [0.4, 0.5) is 0 Å². The van der Waals surface area contributed by atoms with Gasteiger partial charge in [-0.05, 0) is 55.8 Å². The molecule has 1 N–H and O–H groups in total. The van der Waals surface area contributed by atoms with E-state index in [2.05, 4.69) is 55.1 Å². The Morgan fingerprint density at radius 3 is 2.57 bits per heavy atom. The van der Waals surface area contributed by atoms with E-state index in [1.165, 1.54) is 16.3 Å². The van der Waals surface area contributed by atoms with E-state index in [9.17, 15) is 10.4 Å². The highest BCUT2D eigenvalue weighted by atomic mass is 35.5. The minimum Gasteiger partial charge on any atom is -0.489 e. The second kappa shape index (κ2) is 9.49. The lowest BCUT2D eigenvalue weighted by Gasteiger charge is -2.37. The van der Waals surface area contributed by atoms with Crippen LogP contribution >= 0.6 is 11.6 Å². The number of hydrogen-bond acceptors (Lipinski definition) is 4. The number of likely N-dealkylation sites (N-methyl/N-ethyl adjacent to an activating group) is 1. The first-order chi connectivity index (χ1) is 14.3. The van der Waals surface area contributed by atoms with Crippen LogP contribution in [0.2, 0.25) is 5.02 Å². The smallest absolute Gasteiger partial charge is 0.138 e. The van der Waals surface area contributed by atoms with Crippen molar-refractivity contribution in [3.05, 3.63) is 76.8 Å². The molecular weight excluding hydrogens is 396 g/mol. The van der Waals surface area contributed by atoms with Crippen LogP contribution < -0.4 is 4.74 Å².